The molecule has 1 saturated heterocycles. The molecule has 2 rings (SSSR count). The summed E-state index contributed by atoms with van der Waals surface area (Å²) in [7, 11) is -5.98. The predicted octanol–water partition coefficient (Wildman–Crippen LogP) is 0.357. The first-order valence-electron chi connectivity index (χ1n) is 7.55. The molecule has 0 amide bonds. The van der Waals surface area contributed by atoms with Crippen LogP contribution in [0.5, 0.6) is 0 Å². The van der Waals surface area contributed by atoms with Gasteiger partial charge in [0.05, 0.1) is 0 Å². The molecule has 1 heterocycles. The Kier molecular flexibility index (Phi) is 5.79. The number of nitrogens with zero attached hydrogens (tertiary/aromatic N) is 1. The minimum absolute atomic E-state index is 0.0628. The van der Waals surface area contributed by atoms with Crippen molar-refractivity contribution in [1.29, 1.82) is 0 Å². The average Bonchev–Trinajstić information content (AvgIpc) is 3.08. The van der Waals surface area contributed by atoms with E-state index in [1.54, 1.807) is 7.05 Å². The molecule has 1 aromatic rings. The Hall–Kier alpha value is -1.00. The lowest BCUT2D eigenvalue weighted by molar-refractivity contribution is 0.474. The van der Waals surface area contributed by atoms with Gasteiger partial charge in [-0.05, 0) is 38.9 Å². The van der Waals surface area contributed by atoms with Gasteiger partial charge in [0.2, 0.25) is 20.0 Å². The fraction of sp³-hybridized carbons (Fsp3) is 0.571. The lowest BCUT2D eigenvalue weighted by atomic mass is 10.4. The predicted molar refractivity (Wildman–Crippen MR) is 88.1 cm³/mol. The van der Waals surface area contributed by atoms with Gasteiger partial charge in [0.1, 0.15) is 9.79 Å². The lowest BCUT2D eigenvalue weighted by Crippen LogP contribution is -2.38. The quantitative estimate of drug-likeness (QED) is 0.731. The monoisotopic (exact) mass is 361 g/mol. The Labute approximate surface area is 138 Å². The van der Waals surface area contributed by atoms with Crippen molar-refractivity contribution >= 4 is 20.0 Å². The largest absolute Gasteiger partial charge is 0.316 e. The summed E-state index contributed by atoms with van der Waals surface area (Å²) in [6.07, 6.45) is 1.60. The van der Waals surface area contributed by atoms with Crippen molar-refractivity contribution in [2.45, 2.75) is 35.6 Å². The smallest absolute Gasteiger partial charge is 0.244 e. The summed E-state index contributed by atoms with van der Waals surface area (Å²) in [5.41, 5.74) is 0. The maximum Gasteiger partial charge on any atom is 0.244 e. The number of benzene rings is 1. The van der Waals surface area contributed by atoms with Gasteiger partial charge in [-0.1, -0.05) is 12.1 Å². The Bertz CT molecular complexity index is 741. The second-order valence-corrected chi connectivity index (χ2v) is 9.24. The molecule has 1 aromatic carbocycles. The molecule has 1 aliphatic heterocycles. The van der Waals surface area contributed by atoms with Gasteiger partial charge in [-0.25, -0.2) is 21.6 Å². The van der Waals surface area contributed by atoms with E-state index in [0.29, 0.717) is 13.1 Å². The third kappa shape index (κ3) is 4.10. The van der Waals surface area contributed by atoms with Gasteiger partial charge >= 0.3 is 0 Å². The highest BCUT2D eigenvalue weighted by Gasteiger charge is 2.32. The van der Waals surface area contributed by atoms with Crippen molar-refractivity contribution in [2.24, 2.45) is 0 Å². The van der Waals surface area contributed by atoms with Gasteiger partial charge in [0.25, 0.3) is 0 Å². The van der Waals surface area contributed by atoms with E-state index in [2.05, 4.69) is 10.0 Å². The van der Waals surface area contributed by atoms with Crippen molar-refractivity contribution < 1.29 is 16.8 Å². The molecule has 1 aliphatic rings. The van der Waals surface area contributed by atoms with Crippen LogP contribution in [0, 0.1) is 0 Å². The maximum absolute atomic E-state index is 12.7. The van der Waals surface area contributed by atoms with Gasteiger partial charge in [-0.15, -0.1) is 0 Å². The molecule has 0 radical (unpaired) electrons. The highest BCUT2D eigenvalue weighted by Crippen LogP contribution is 2.26. The Balaban J connectivity index is 2.37. The van der Waals surface area contributed by atoms with Gasteiger partial charge < -0.3 is 5.32 Å². The zero-order chi connectivity index (χ0) is 17.1. The summed E-state index contributed by atoms with van der Waals surface area (Å²) in [5.74, 6) is 0. The number of likely N-dealkylation sites (N-methyl/N-ethyl adjacent to an activating group) is 1. The summed E-state index contributed by atoms with van der Waals surface area (Å²) < 4.78 is 54.3. The van der Waals surface area contributed by atoms with Crippen LogP contribution in [0.4, 0.5) is 0 Å². The molecular weight excluding hydrogens is 338 g/mol. The van der Waals surface area contributed by atoms with Crippen LogP contribution in [-0.4, -0.2) is 53.9 Å². The molecule has 1 unspecified atom stereocenters. The second kappa shape index (κ2) is 7.27. The Morgan fingerprint density at radius 1 is 1.09 bits per heavy atom. The zero-order valence-electron chi connectivity index (χ0n) is 13.3. The molecule has 9 heteroatoms. The minimum Gasteiger partial charge on any atom is -0.316 e. The van der Waals surface area contributed by atoms with Crippen molar-refractivity contribution in [3.8, 4) is 0 Å². The van der Waals surface area contributed by atoms with Crippen LogP contribution in [0.3, 0.4) is 0 Å². The third-order valence-electron chi connectivity index (χ3n) is 3.89. The fourth-order valence-electron chi connectivity index (χ4n) is 2.37. The molecule has 0 spiro atoms. The average molecular weight is 361 g/mol. The van der Waals surface area contributed by atoms with Gasteiger partial charge in [-0.2, -0.15) is 4.31 Å². The normalized spacial score (nSPS) is 18.2. The van der Waals surface area contributed by atoms with Crippen LogP contribution >= 0.6 is 0 Å². The third-order valence-corrected chi connectivity index (χ3v) is 7.46. The number of hydrogen-bond donors (Lipinski definition) is 2. The van der Waals surface area contributed by atoms with Crippen LogP contribution in [0.25, 0.3) is 0 Å². The molecule has 130 valence electrons. The second-order valence-electron chi connectivity index (χ2n) is 5.60. The van der Waals surface area contributed by atoms with E-state index in [4.69, 9.17) is 0 Å². The van der Waals surface area contributed by atoms with E-state index >= 15 is 0 Å². The molecule has 0 aromatic heterocycles. The molecule has 7 nitrogen and oxygen atoms in total. The molecule has 0 aliphatic carbocycles. The van der Waals surface area contributed by atoms with Gasteiger partial charge in [0.15, 0.2) is 0 Å². The molecular formula is C14H23N3O4S2. The van der Waals surface area contributed by atoms with Crippen LogP contribution in [0.1, 0.15) is 19.8 Å². The Morgan fingerprint density at radius 3 is 2.22 bits per heavy atom. The Morgan fingerprint density at radius 2 is 1.65 bits per heavy atom. The van der Waals surface area contributed by atoms with E-state index in [1.807, 2.05) is 6.92 Å². The molecule has 1 fully saturated rings. The SMILES string of the molecule is CNC(C)CNS(=O)(=O)c1ccccc1S(=O)(=O)N1CCCC1. The lowest BCUT2D eigenvalue weighted by Gasteiger charge is -2.19. The van der Waals surface area contributed by atoms with Crippen molar-refractivity contribution in [2.75, 3.05) is 26.7 Å². The van der Waals surface area contributed by atoms with Crippen molar-refractivity contribution in [1.82, 2.24) is 14.3 Å². The van der Waals surface area contributed by atoms with E-state index in [1.165, 1.54) is 28.6 Å². The summed E-state index contributed by atoms with van der Waals surface area (Å²) in [6.45, 7) is 2.87. The molecule has 0 bridgehead atoms. The first-order chi connectivity index (χ1) is 10.8. The van der Waals surface area contributed by atoms with E-state index in [-0.39, 0.29) is 22.4 Å². The number of hydrogen-bond acceptors (Lipinski definition) is 5. The van der Waals surface area contributed by atoms with Crippen molar-refractivity contribution in [3.05, 3.63) is 24.3 Å². The van der Waals surface area contributed by atoms with E-state index in [0.717, 1.165) is 12.8 Å². The number of rotatable bonds is 7. The fourth-order valence-corrected chi connectivity index (χ4v) is 5.82. The molecule has 1 atom stereocenters. The van der Waals surface area contributed by atoms with Crippen LogP contribution in [-0.2, 0) is 20.0 Å². The first kappa shape index (κ1) is 18.3. The highest BCUT2D eigenvalue weighted by molar-refractivity contribution is 7.92. The maximum atomic E-state index is 12.7. The first-order valence-corrected chi connectivity index (χ1v) is 10.5. The summed E-state index contributed by atoms with van der Waals surface area (Å²) in [5, 5.41) is 2.93. The number of nitrogens with one attached hydrogen (secondary N) is 2. The zero-order valence-corrected chi connectivity index (χ0v) is 15.0. The highest BCUT2D eigenvalue weighted by atomic mass is 32.2. The van der Waals surface area contributed by atoms with Crippen LogP contribution < -0.4 is 10.0 Å². The summed E-state index contributed by atoms with van der Waals surface area (Å²) >= 11 is 0. The van der Waals surface area contributed by atoms with E-state index < -0.39 is 20.0 Å². The van der Waals surface area contributed by atoms with E-state index in [9.17, 15) is 16.8 Å². The summed E-state index contributed by atoms with van der Waals surface area (Å²) in [4.78, 5) is -0.360. The topological polar surface area (TPSA) is 95.6 Å². The van der Waals surface area contributed by atoms with Gasteiger partial charge in [0, 0.05) is 25.7 Å². The standard InChI is InChI=1S/C14H23N3O4S2/c1-12(15-2)11-16-22(18,19)13-7-3-4-8-14(13)23(20,21)17-9-5-6-10-17/h3-4,7-8,12,15-16H,5-6,9-11H2,1-2H3. The van der Waals surface area contributed by atoms with Crippen LogP contribution in [0.2, 0.25) is 0 Å². The summed E-state index contributed by atoms with van der Waals surface area (Å²) in [6, 6.07) is 5.68. The molecule has 2 N–H and O–H groups in total. The number of sulfonamides is 2. The van der Waals surface area contributed by atoms with Crippen molar-refractivity contribution in [3.63, 3.8) is 0 Å². The minimum atomic E-state index is -3.90. The van der Waals surface area contributed by atoms with Crippen LogP contribution in [0.15, 0.2) is 34.1 Å². The molecule has 0 saturated carbocycles. The molecule has 23 heavy (non-hydrogen) atoms. The van der Waals surface area contributed by atoms with Gasteiger partial charge in [-0.3, -0.25) is 0 Å².